The second-order valence-corrected chi connectivity index (χ2v) is 3.50. The Labute approximate surface area is 95.8 Å². The number of amides is 1. The van der Waals surface area contributed by atoms with Crippen LogP contribution in [0.5, 0.6) is 0 Å². The highest BCUT2D eigenvalue weighted by Gasteiger charge is 2.34. The van der Waals surface area contributed by atoms with Crippen LogP contribution in [0, 0.1) is 0 Å². The number of nitrogens with zero attached hydrogens (tertiary/aromatic N) is 1. The maximum absolute atomic E-state index is 12.5. The van der Waals surface area contributed by atoms with Crippen molar-refractivity contribution in [2.75, 3.05) is 5.32 Å². The molecule has 0 saturated heterocycles. The van der Waals surface area contributed by atoms with Gasteiger partial charge in [0.1, 0.15) is 0 Å². The van der Waals surface area contributed by atoms with Gasteiger partial charge in [-0.2, -0.15) is 13.2 Å². The van der Waals surface area contributed by atoms with E-state index in [4.69, 9.17) is 0 Å². The van der Waals surface area contributed by atoms with E-state index in [1.54, 1.807) is 13.8 Å². The summed E-state index contributed by atoms with van der Waals surface area (Å²) in [7, 11) is 0. The summed E-state index contributed by atoms with van der Waals surface area (Å²) in [6, 6.07) is 0.783. The van der Waals surface area contributed by atoms with Crippen molar-refractivity contribution in [1.82, 2.24) is 4.98 Å². The highest BCUT2D eigenvalue weighted by Crippen LogP contribution is 2.34. The number of halogens is 3. The van der Waals surface area contributed by atoms with Crippen molar-refractivity contribution in [2.45, 2.75) is 26.1 Å². The molecular weight excluding hydrogens is 237 g/mol. The number of carbonyl (C=O) groups is 1. The molecule has 94 valence electrons. The van der Waals surface area contributed by atoms with Crippen LogP contribution < -0.4 is 5.32 Å². The van der Waals surface area contributed by atoms with Crippen LogP contribution >= 0.6 is 0 Å². The number of aromatic nitrogens is 1. The molecule has 1 heterocycles. The van der Waals surface area contributed by atoms with Crippen molar-refractivity contribution >= 4 is 11.8 Å². The molecule has 1 aromatic rings. The van der Waals surface area contributed by atoms with E-state index >= 15 is 0 Å². The van der Waals surface area contributed by atoms with Crippen molar-refractivity contribution in [2.24, 2.45) is 0 Å². The molecule has 0 fully saturated rings. The van der Waals surface area contributed by atoms with Crippen LogP contribution in [0.3, 0.4) is 0 Å². The average Bonchev–Trinajstić information content (AvgIpc) is 2.15. The first kappa shape index (κ1) is 13.3. The fourth-order valence-corrected chi connectivity index (χ4v) is 1.09. The van der Waals surface area contributed by atoms with Crippen molar-refractivity contribution < 1.29 is 22.7 Å². The van der Waals surface area contributed by atoms with E-state index < -0.39 is 29.6 Å². The molecule has 1 rings (SSSR count). The molecule has 0 aliphatic carbocycles. The van der Waals surface area contributed by atoms with Crippen molar-refractivity contribution in [3.05, 3.63) is 24.0 Å². The zero-order valence-electron chi connectivity index (χ0n) is 9.21. The number of rotatable bonds is 2. The minimum atomic E-state index is -4.55. The Morgan fingerprint density at radius 3 is 2.65 bits per heavy atom. The smallest absolute Gasteiger partial charge is 0.418 e. The van der Waals surface area contributed by atoms with Crippen LogP contribution in [0.25, 0.3) is 0 Å². The van der Waals surface area contributed by atoms with Crippen molar-refractivity contribution in [3.8, 4) is 0 Å². The van der Waals surface area contributed by atoms with Gasteiger partial charge in [-0.25, -0.2) is 4.79 Å². The largest absolute Gasteiger partial charge is 0.447 e. The second-order valence-electron chi connectivity index (χ2n) is 3.50. The highest BCUT2D eigenvalue weighted by molar-refractivity contribution is 5.85. The lowest BCUT2D eigenvalue weighted by Gasteiger charge is -2.14. The fourth-order valence-electron chi connectivity index (χ4n) is 1.09. The van der Waals surface area contributed by atoms with Crippen LogP contribution in [0.2, 0.25) is 0 Å². The molecule has 1 N–H and O–H groups in total. The first-order valence-corrected chi connectivity index (χ1v) is 4.79. The summed E-state index contributed by atoms with van der Waals surface area (Å²) < 4.78 is 42.3. The van der Waals surface area contributed by atoms with Gasteiger partial charge in [0.15, 0.2) is 0 Å². The quantitative estimate of drug-likeness (QED) is 0.875. The number of hydrogen-bond donors (Lipinski definition) is 1. The van der Waals surface area contributed by atoms with Gasteiger partial charge in [0, 0.05) is 6.20 Å². The standard InChI is InChI=1S/C10H11F3N2O2/c1-6(2)17-9(16)15-8-5-14-4-3-7(8)10(11,12)13/h3-6H,1-2H3,(H,15,16). The van der Waals surface area contributed by atoms with Gasteiger partial charge in [-0.15, -0.1) is 0 Å². The third kappa shape index (κ3) is 3.93. The minimum Gasteiger partial charge on any atom is -0.447 e. The molecule has 0 aliphatic rings. The maximum Gasteiger partial charge on any atom is 0.418 e. The maximum atomic E-state index is 12.5. The average molecular weight is 248 g/mol. The predicted molar refractivity (Wildman–Crippen MR) is 54.5 cm³/mol. The van der Waals surface area contributed by atoms with E-state index in [2.05, 4.69) is 9.72 Å². The number of carbonyl (C=O) groups excluding carboxylic acids is 1. The zero-order chi connectivity index (χ0) is 13.1. The molecule has 7 heteroatoms. The molecule has 0 bridgehead atoms. The molecule has 0 radical (unpaired) electrons. The van der Waals surface area contributed by atoms with Gasteiger partial charge in [-0.1, -0.05) is 0 Å². The van der Waals surface area contributed by atoms with E-state index in [0.29, 0.717) is 0 Å². The van der Waals surface area contributed by atoms with Crippen LogP contribution in [0.15, 0.2) is 18.5 Å². The van der Waals surface area contributed by atoms with Gasteiger partial charge in [0.25, 0.3) is 0 Å². The molecule has 0 aliphatic heterocycles. The minimum absolute atomic E-state index is 0.416. The third-order valence-electron chi connectivity index (χ3n) is 1.71. The molecule has 0 saturated carbocycles. The Morgan fingerprint density at radius 1 is 1.47 bits per heavy atom. The molecular formula is C10H11F3N2O2. The molecule has 0 aromatic carbocycles. The lowest BCUT2D eigenvalue weighted by atomic mass is 10.2. The number of alkyl halides is 3. The molecule has 0 unspecified atom stereocenters. The van der Waals surface area contributed by atoms with Crippen LogP contribution in [-0.4, -0.2) is 17.2 Å². The number of anilines is 1. The summed E-state index contributed by atoms with van der Waals surface area (Å²) in [6.45, 7) is 3.18. The highest BCUT2D eigenvalue weighted by atomic mass is 19.4. The number of hydrogen-bond acceptors (Lipinski definition) is 3. The second kappa shape index (κ2) is 5.03. The summed E-state index contributed by atoms with van der Waals surface area (Å²) in [5, 5.41) is 2.00. The summed E-state index contributed by atoms with van der Waals surface area (Å²) in [6.07, 6.45) is -3.99. The van der Waals surface area contributed by atoms with Crippen LogP contribution in [-0.2, 0) is 10.9 Å². The Morgan fingerprint density at radius 2 is 2.12 bits per heavy atom. The Kier molecular flexibility index (Phi) is 3.93. The van der Waals surface area contributed by atoms with E-state index in [9.17, 15) is 18.0 Å². The molecule has 1 aromatic heterocycles. The summed E-state index contributed by atoms with van der Waals surface area (Å²) in [5.41, 5.74) is -1.39. The van der Waals surface area contributed by atoms with Crippen molar-refractivity contribution in [1.29, 1.82) is 0 Å². The normalized spacial score (nSPS) is 11.4. The van der Waals surface area contributed by atoms with Crippen LogP contribution in [0.1, 0.15) is 19.4 Å². The van der Waals surface area contributed by atoms with E-state index in [1.807, 2.05) is 5.32 Å². The summed E-state index contributed by atoms with van der Waals surface area (Å²) in [4.78, 5) is 14.7. The van der Waals surface area contributed by atoms with Crippen LogP contribution in [0.4, 0.5) is 23.7 Å². The van der Waals surface area contributed by atoms with Gasteiger partial charge in [0.2, 0.25) is 0 Å². The number of nitrogens with one attached hydrogen (secondary N) is 1. The zero-order valence-corrected chi connectivity index (χ0v) is 9.21. The fraction of sp³-hybridized carbons (Fsp3) is 0.400. The van der Waals surface area contributed by atoms with E-state index in [1.165, 1.54) is 0 Å². The number of pyridine rings is 1. The molecule has 17 heavy (non-hydrogen) atoms. The van der Waals surface area contributed by atoms with Gasteiger partial charge >= 0.3 is 12.3 Å². The molecule has 0 spiro atoms. The lowest BCUT2D eigenvalue weighted by molar-refractivity contribution is -0.137. The van der Waals surface area contributed by atoms with E-state index in [-0.39, 0.29) is 0 Å². The van der Waals surface area contributed by atoms with Gasteiger partial charge in [-0.3, -0.25) is 10.3 Å². The van der Waals surface area contributed by atoms with Gasteiger partial charge in [0.05, 0.1) is 23.6 Å². The van der Waals surface area contributed by atoms with Gasteiger partial charge in [-0.05, 0) is 19.9 Å². The van der Waals surface area contributed by atoms with E-state index in [0.717, 1.165) is 18.5 Å². The van der Waals surface area contributed by atoms with Gasteiger partial charge < -0.3 is 4.74 Å². The first-order chi connectivity index (χ1) is 7.80. The molecule has 1 amide bonds. The number of ether oxygens (including phenoxy) is 1. The first-order valence-electron chi connectivity index (χ1n) is 4.79. The summed E-state index contributed by atoms with van der Waals surface area (Å²) >= 11 is 0. The van der Waals surface area contributed by atoms with Crippen molar-refractivity contribution in [3.63, 3.8) is 0 Å². The summed E-state index contributed by atoms with van der Waals surface area (Å²) in [5.74, 6) is 0. The SMILES string of the molecule is CC(C)OC(=O)Nc1cnccc1C(F)(F)F. The Bertz CT molecular complexity index is 405. The lowest BCUT2D eigenvalue weighted by Crippen LogP contribution is -2.20. The third-order valence-corrected chi connectivity index (χ3v) is 1.71. The predicted octanol–water partition coefficient (Wildman–Crippen LogP) is 3.06. The molecule has 0 atom stereocenters. The monoisotopic (exact) mass is 248 g/mol. The molecule has 4 nitrogen and oxygen atoms in total. The Balaban J connectivity index is 2.88. The Hall–Kier alpha value is -1.79. The topological polar surface area (TPSA) is 51.2 Å².